The number of carbonyl (C=O) groups is 1. The molecule has 1 aliphatic heterocycles. The lowest BCUT2D eigenvalue weighted by molar-refractivity contribution is -0.137. The maximum absolute atomic E-state index is 12.4. The van der Waals surface area contributed by atoms with Crippen LogP contribution in [-0.4, -0.2) is 31.6 Å². The van der Waals surface area contributed by atoms with Gasteiger partial charge in [0.1, 0.15) is 5.75 Å². The Morgan fingerprint density at radius 3 is 2.36 bits per heavy atom. The summed E-state index contributed by atoms with van der Waals surface area (Å²) in [4.78, 5) is 11.7. The predicted octanol–water partition coefficient (Wildman–Crippen LogP) is 2.37. The lowest BCUT2D eigenvalue weighted by Crippen LogP contribution is -2.44. The standard InChI is InChI=1S/C14H17F3N2O2.ClH/c15-14(16,17)10-1-3-12(4-2-10)21-9-13(20)19-11-5-7-18-8-6-11;/h1-4,11,18H,5-9H2,(H,19,20);1H. The zero-order valence-electron chi connectivity index (χ0n) is 11.8. The van der Waals surface area contributed by atoms with Gasteiger partial charge >= 0.3 is 6.18 Å². The number of nitrogens with one attached hydrogen (secondary N) is 2. The minimum atomic E-state index is -4.37. The van der Waals surface area contributed by atoms with Crippen LogP contribution in [0, 0.1) is 0 Å². The largest absolute Gasteiger partial charge is 0.484 e. The molecule has 0 aliphatic carbocycles. The van der Waals surface area contributed by atoms with Crippen molar-refractivity contribution in [2.45, 2.75) is 25.1 Å². The van der Waals surface area contributed by atoms with Crippen molar-refractivity contribution in [2.24, 2.45) is 0 Å². The molecule has 0 bridgehead atoms. The molecule has 0 atom stereocenters. The molecule has 22 heavy (non-hydrogen) atoms. The molecule has 8 heteroatoms. The fraction of sp³-hybridized carbons (Fsp3) is 0.500. The maximum Gasteiger partial charge on any atom is 0.416 e. The van der Waals surface area contributed by atoms with Crippen LogP contribution in [0.15, 0.2) is 24.3 Å². The van der Waals surface area contributed by atoms with Crippen molar-refractivity contribution in [3.63, 3.8) is 0 Å². The molecule has 1 amide bonds. The molecule has 1 aromatic carbocycles. The van der Waals surface area contributed by atoms with Gasteiger partial charge in [0.2, 0.25) is 0 Å². The number of piperidine rings is 1. The average molecular weight is 339 g/mol. The van der Waals surface area contributed by atoms with E-state index in [1.165, 1.54) is 12.1 Å². The minimum absolute atomic E-state index is 0. The molecule has 0 saturated carbocycles. The highest BCUT2D eigenvalue weighted by atomic mass is 35.5. The van der Waals surface area contributed by atoms with Crippen LogP contribution in [0.3, 0.4) is 0 Å². The van der Waals surface area contributed by atoms with Crippen LogP contribution >= 0.6 is 12.4 Å². The van der Waals surface area contributed by atoms with Crippen molar-refractivity contribution >= 4 is 18.3 Å². The smallest absolute Gasteiger partial charge is 0.416 e. The molecule has 0 spiro atoms. The molecule has 1 saturated heterocycles. The van der Waals surface area contributed by atoms with Gasteiger partial charge in [0.25, 0.3) is 5.91 Å². The molecule has 1 heterocycles. The normalized spacial score (nSPS) is 15.8. The van der Waals surface area contributed by atoms with E-state index in [1.54, 1.807) is 0 Å². The molecular weight excluding hydrogens is 321 g/mol. The zero-order valence-corrected chi connectivity index (χ0v) is 12.6. The van der Waals surface area contributed by atoms with E-state index in [-0.39, 0.29) is 36.7 Å². The van der Waals surface area contributed by atoms with Crippen molar-refractivity contribution < 1.29 is 22.7 Å². The van der Waals surface area contributed by atoms with Gasteiger partial charge in [0.15, 0.2) is 6.61 Å². The summed E-state index contributed by atoms with van der Waals surface area (Å²) >= 11 is 0. The third-order valence-electron chi connectivity index (χ3n) is 3.26. The van der Waals surface area contributed by atoms with Gasteiger partial charge in [-0.1, -0.05) is 0 Å². The summed E-state index contributed by atoms with van der Waals surface area (Å²) in [5.41, 5.74) is -0.742. The number of hydrogen-bond acceptors (Lipinski definition) is 3. The topological polar surface area (TPSA) is 50.4 Å². The fourth-order valence-electron chi connectivity index (χ4n) is 2.12. The molecule has 1 fully saturated rings. The molecule has 1 aliphatic rings. The van der Waals surface area contributed by atoms with Gasteiger partial charge in [0.05, 0.1) is 5.56 Å². The van der Waals surface area contributed by atoms with Gasteiger partial charge in [-0.3, -0.25) is 4.79 Å². The maximum atomic E-state index is 12.4. The lowest BCUT2D eigenvalue weighted by Gasteiger charge is -2.23. The van der Waals surface area contributed by atoms with Gasteiger partial charge in [-0.2, -0.15) is 13.2 Å². The quantitative estimate of drug-likeness (QED) is 0.886. The molecule has 0 aromatic heterocycles. The van der Waals surface area contributed by atoms with Gasteiger partial charge < -0.3 is 15.4 Å². The van der Waals surface area contributed by atoms with Crippen molar-refractivity contribution in [1.82, 2.24) is 10.6 Å². The van der Waals surface area contributed by atoms with Crippen molar-refractivity contribution in [1.29, 1.82) is 0 Å². The Kier molecular flexibility index (Phi) is 6.96. The first kappa shape index (κ1) is 18.6. The number of amides is 1. The monoisotopic (exact) mass is 338 g/mol. The summed E-state index contributed by atoms with van der Waals surface area (Å²) in [6.45, 7) is 1.53. The van der Waals surface area contributed by atoms with E-state index in [0.29, 0.717) is 0 Å². The van der Waals surface area contributed by atoms with Crippen LogP contribution in [0.5, 0.6) is 5.75 Å². The van der Waals surface area contributed by atoms with Gasteiger partial charge in [-0.15, -0.1) is 12.4 Å². The van der Waals surface area contributed by atoms with E-state index < -0.39 is 11.7 Å². The molecule has 124 valence electrons. The number of rotatable bonds is 4. The number of hydrogen-bond donors (Lipinski definition) is 2. The number of halogens is 4. The van der Waals surface area contributed by atoms with Gasteiger partial charge in [0, 0.05) is 6.04 Å². The third-order valence-corrected chi connectivity index (χ3v) is 3.26. The number of benzene rings is 1. The van der Waals surface area contributed by atoms with Crippen molar-refractivity contribution in [3.8, 4) is 5.75 Å². The number of alkyl halides is 3. The Labute approximate surface area is 132 Å². The van der Waals surface area contributed by atoms with Crippen molar-refractivity contribution in [3.05, 3.63) is 29.8 Å². The van der Waals surface area contributed by atoms with E-state index in [0.717, 1.165) is 38.1 Å². The molecular formula is C14H18ClF3N2O2. The highest BCUT2D eigenvalue weighted by Gasteiger charge is 2.30. The second-order valence-electron chi connectivity index (χ2n) is 4.90. The highest BCUT2D eigenvalue weighted by molar-refractivity contribution is 5.85. The van der Waals surface area contributed by atoms with Gasteiger partial charge in [-0.05, 0) is 50.2 Å². The Bertz CT molecular complexity index is 474. The van der Waals surface area contributed by atoms with Crippen LogP contribution in [0.2, 0.25) is 0 Å². The van der Waals surface area contributed by atoms with Crippen molar-refractivity contribution in [2.75, 3.05) is 19.7 Å². The van der Waals surface area contributed by atoms with Gasteiger partial charge in [-0.25, -0.2) is 0 Å². The second-order valence-corrected chi connectivity index (χ2v) is 4.90. The Morgan fingerprint density at radius 1 is 1.23 bits per heavy atom. The summed E-state index contributed by atoms with van der Waals surface area (Å²) in [7, 11) is 0. The average Bonchev–Trinajstić information content (AvgIpc) is 2.46. The summed E-state index contributed by atoms with van der Waals surface area (Å²) in [5, 5.41) is 6.03. The molecule has 0 unspecified atom stereocenters. The van der Waals surface area contributed by atoms with Crippen LogP contribution in [-0.2, 0) is 11.0 Å². The first-order chi connectivity index (χ1) is 9.95. The summed E-state index contributed by atoms with van der Waals surface area (Å²) in [5.74, 6) is -0.0229. The Hall–Kier alpha value is -1.47. The third kappa shape index (κ3) is 5.73. The number of ether oxygens (including phenoxy) is 1. The van der Waals surface area contributed by atoms with E-state index >= 15 is 0 Å². The van der Waals surface area contributed by atoms with E-state index in [2.05, 4.69) is 10.6 Å². The first-order valence-corrected chi connectivity index (χ1v) is 6.75. The molecule has 1 aromatic rings. The Morgan fingerprint density at radius 2 is 1.82 bits per heavy atom. The summed E-state index contributed by atoms with van der Waals surface area (Å²) in [6, 6.07) is 4.41. The minimum Gasteiger partial charge on any atom is -0.484 e. The zero-order chi connectivity index (χ0) is 15.3. The number of carbonyl (C=O) groups excluding carboxylic acids is 1. The molecule has 2 rings (SSSR count). The van der Waals surface area contributed by atoms with Crippen LogP contribution < -0.4 is 15.4 Å². The predicted molar refractivity (Wildman–Crippen MR) is 78.2 cm³/mol. The molecule has 0 radical (unpaired) electrons. The fourth-order valence-corrected chi connectivity index (χ4v) is 2.12. The van der Waals surface area contributed by atoms with E-state index in [4.69, 9.17) is 4.74 Å². The van der Waals surface area contributed by atoms with Crippen LogP contribution in [0.1, 0.15) is 18.4 Å². The van der Waals surface area contributed by atoms with Crippen LogP contribution in [0.25, 0.3) is 0 Å². The molecule has 4 nitrogen and oxygen atoms in total. The lowest BCUT2D eigenvalue weighted by atomic mass is 10.1. The first-order valence-electron chi connectivity index (χ1n) is 6.75. The second kappa shape index (κ2) is 8.24. The Balaban J connectivity index is 0.00000242. The highest BCUT2D eigenvalue weighted by Crippen LogP contribution is 2.30. The molecule has 2 N–H and O–H groups in total. The van der Waals surface area contributed by atoms with E-state index in [1.807, 2.05) is 0 Å². The van der Waals surface area contributed by atoms with Crippen LogP contribution in [0.4, 0.5) is 13.2 Å². The summed E-state index contributed by atoms with van der Waals surface area (Å²) in [6.07, 6.45) is -2.64. The SMILES string of the molecule is Cl.O=C(COc1ccc(C(F)(F)F)cc1)NC1CCNCC1. The van der Waals surface area contributed by atoms with E-state index in [9.17, 15) is 18.0 Å². The summed E-state index contributed by atoms with van der Waals surface area (Å²) < 4.78 is 42.3.